The first-order chi connectivity index (χ1) is 10.6. The van der Waals surface area contributed by atoms with Gasteiger partial charge in [0.25, 0.3) is 0 Å². The Morgan fingerprint density at radius 1 is 1.41 bits per heavy atom. The molecule has 0 spiro atoms. The molecule has 0 fully saturated rings. The number of carbonyl (C=O) groups is 1. The number of hydrogen-bond acceptors (Lipinski definition) is 4. The minimum absolute atomic E-state index is 0.0241. The average molecular weight is 295 g/mol. The third kappa shape index (κ3) is 2.50. The van der Waals surface area contributed by atoms with Crippen LogP contribution in [-0.4, -0.2) is 26.9 Å². The van der Waals surface area contributed by atoms with E-state index < -0.39 is 6.03 Å². The fourth-order valence-corrected chi connectivity index (χ4v) is 2.25. The quantitative estimate of drug-likeness (QED) is 0.805. The SMILES string of the molecule is CC(C)Oc1cc(-c2nn(C(N)=O)c3cc[c]cc23)ccn1. The van der Waals surface area contributed by atoms with Crippen LogP contribution in [0.1, 0.15) is 13.8 Å². The molecule has 0 saturated heterocycles. The first-order valence-corrected chi connectivity index (χ1v) is 6.88. The van der Waals surface area contributed by atoms with E-state index in [-0.39, 0.29) is 6.10 Å². The summed E-state index contributed by atoms with van der Waals surface area (Å²) in [5.41, 5.74) is 7.47. The predicted molar refractivity (Wildman–Crippen MR) is 82.5 cm³/mol. The van der Waals surface area contributed by atoms with Crippen LogP contribution in [0, 0.1) is 6.07 Å². The molecule has 0 aliphatic carbocycles. The molecule has 0 unspecified atom stereocenters. The second-order valence-electron chi connectivity index (χ2n) is 5.09. The molecule has 1 radical (unpaired) electrons. The number of pyridine rings is 1. The van der Waals surface area contributed by atoms with Crippen LogP contribution < -0.4 is 10.5 Å². The second kappa shape index (κ2) is 5.48. The predicted octanol–water partition coefficient (Wildman–Crippen LogP) is 2.61. The molecule has 6 heteroatoms. The summed E-state index contributed by atoms with van der Waals surface area (Å²) in [4.78, 5) is 15.7. The lowest BCUT2D eigenvalue weighted by Gasteiger charge is -2.08. The summed E-state index contributed by atoms with van der Waals surface area (Å²) in [6, 6.07) is 11.2. The number of nitrogens with two attached hydrogens (primary N) is 1. The Morgan fingerprint density at radius 3 is 2.95 bits per heavy atom. The number of primary amides is 1. The summed E-state index contributed by atoms with van der Waals surface area (Å²) in [5, 5.41) is 5.11. The molecule has 3 rings (SSSR count). The molecule has 2 N–H and O–H groups in total. The van der Waals surface area contributed by atoms with Crippen LogP contribution in [-0.2, 0) is 0 Å². The Morgan fingerprint density at radius 2 is 2.23 bits per heavy atom. The zero-order chi connectivity index (χ0) is 15.7. The molecular formula is C16H15N4O2. The fourth-order valence-electron chi connectivity index (χ4n) is 2.25. The van der Waals surface area contributed by atoms with Gasteiger partial charge in [-0.05, 0) is 38.1 Å². The first kappa shape index (κ1) is 14.1. The van der Waals surface area contributed by atoms with Gasteiger partial charge >= 0.3 is 6.03 Å². The highest BCUT2D eigenvalue weighted by Crippen LogP contribution is 2.29. The highest BCUT2D eigenvalue weighted by molar-refractivity contribution is 5.98. The van der Waals surface area contributed by atoms with Crippen molar-refractivity contribution >= 4 is 16.9 Å². The van der Waals surface area contributed by atoms with Gasteiger partial charge in [0.15, 0.2) is 0 Å². The van der Waals surface area contributed by atoms with E-state index in [2.05, 4.69) is 16.1 Å². The van der Waals surface area contributed by atoms with Gasteiger partial charge in [-0.1, -0.05) is 6.07 Å². The largest absolute Gasteiger partial charge is 0.475 e. The zero-order valence-electron chi connectivity index (χ0n) is 12.3. The molecule has 0 atom stereocenters. The number of aromatic nitrogens is 3. The van der Waals surface area contributed by atoms with Gasteiger partial charge in [-0.2, -0.15) is 9.78 Å². The van der Waals surface area contributed by atoms with Crippen LogP contribution in [0.5, 0.6) is 5.88 Å². The van der Waals surface area contributed by atoms with Crippen LogP contribution >= 0.6 is 0 Å². The van der Waals surface area contributed by atoms with Gasteiger partial charge in [0.2, 0.25) is 5.88 Å². The van der Waals surface area contributed by atoms with Crippen molar-refractivity contribution in [2.75, 3.05) is 0 Å². The van der Waals surface area contributed by atoms with Gasteiger partial charge in [-0.3, -0.25) is 0 Å². The summed E-state index contributed by atoms with van der Waals surface area (Å²) in [7, 11) is 0. The van der Waals surface area contributed by atoms with Crippen molar-refractivity contribution < 1.29 is 9.53 Å². The van der Waals surface area contributed by atoms with Crippen LogP contribution in [0.15, 0.2) is 36.5 Å². The average Bonchev–Trinajstić information content (AvgIpc) is 2.86. The smallest absolute Gasteiger partial charge is 0.340 e. The summed E-state index contributed by atoms with van der Waals surface area (Å²) in [5.74, 6) is 0.509. The van der Waals surface area contributed by atoms with Gasteiger partial charge in [0.05, 0.1) is 11.6 Å². The molecule has 6 nitrogen and oxygen atoms in total. The van der Waals surface area contributed by atoms with E-state index in [0.717, 1.165) is 10.9 Å². The number of ether oxygens (including phenoxy) is 1. The molecule has 3 aromatic rings. The molecule has 1 amide bonds. The van der Waals surface area contributed by atoms with E-state index in [9.17, 15) is 4.79 Å². The van der Waals surface area contributed by atoms with Gasteiger partial charge in [0, 0.05) is 23.2 Å². The topological polar surface area (TPSA) is 83.0 Å². The third-order valence-corrected chi connectivity index (χ3v) is 3.10. The summed E-state index contributed by atoms with van der Waals surface area (Å²) in [6.45, 7) is 3.86. The van der Waals surface area contributed by atoms with Crippen LogP contribution in [0.25, 0.3) is 22.2 Å². The molecular weight excluding hydrogens is 280 g/mol. The standard InChI is InChI=1S/C16H15N4O2/c1-10(2)22-14-9-11(7-8-18-14)15-12-5-3-4-6-13(12)20(19-15)16(17)21/h4-10H,1-2H3,(H2,17,21). The summed E-state index contributed by atoms with van der Waals surface area (Å²) >= 11 is 0. The lowest BCUT2D eigenvalue weighted by atomic mass is 10.1. The maximum Gasteiger partial charge on any atom is 0.340 e. The Balaban J connectivity index is 2.16. The number of hydrogen-bond donors (Lipinski definition) is 1. The van der Waals surface area contributed by atoms with E-state index in [1.54, 1.807) is 30.5 Å². The lowest BCUT2D eigenvalue weighted by molar-refractivity contribution is 0.233. The van der Waals surface area contributed by atoms with E-state index in [1.807, 2.05) is 19.9 Å². The highest BCUT2D eigenvalue weighted by atomic mass is 16.5. The highest BCUT2D eigenvalue weighted by Gasteiger charge is 2.15. The maximum absolute atomic E-state index is 11.5. The third-order valence-electron chi connectivity index (χ3n) is 3.10. The van der Waals surface area contributed by atoms with Crippen LogP contribution in [0.2, 0.25) is 0 Å². The zero-order valence-corrected chi connectivity index (χ0v) is 12.3. The summed E-state index contributed by atoms with van der Waals surface area (Å²) < 4.78 is 6.78. The Labute approximate surface area is 127 Å². The van der Waals surface area contributed by atoms with Crippen molar-refractivity contribution in [2.45, 2.75) is 20.0 Å². The van der Waals surface area contributed by atoms with Crippen molar-refractivity contribution in [1.82, 2.24) is 14.8 Å². The number of benzene rings is 1. The summed E-state index contributed by atoms with van der Waals surface area (Å²) in [6.07, 6.45) is 1.67. The lowest BCUT2D eigenvalue weighted by Crippen LogP contribution is -2.20. The van der Waals surface area contributed by atoms with E-state index in [0.29, 0.717) is 17.1 Å². The van der Waals surface area contributed by atoms with Crippen molar-refractivity contribution in [2.24, 2.45) is 5.73 Å². The molecule has 111 valence electrons. The number of carbonyl (C=O) groups excluding carboxylic acids is 1. The van der Waals surface area contributed by atoms with Gasteiger partial charge < -0.3 is 10.5 Å². The van der Waals surface area contributed by atoms with Crippen molar-refractivity contribution in [3.05, 3.63) is 42.6 Å². The fraction of sp³-hybridized carbons (Fsp3) is 0.188. The second-order valence-corrected chi connectivity index (χ2v) is 5.09. The van der Waals surface area contributed by atoms with Gasteiger partial charge in [-0.25, -0.2) is 9.78 Å². The Hall–Kier alpha value is -2.89. The van der Waals surface area contributed by atoms with Crippen LogP contribution in [0.3, 0.4) is 0 Å². The molecule has 22 heavy (non-hydrogen) atoms. The van der Waals surface area contributed by atoms with Gasteiger partial charge in [0.1, 0.15) is 5.69 Å². The Bertz CT molecular complexity index is 839. The molecule has 2 heterocycles. The van der Waals surface area contributed by atoms with E-state index in [4.69, 9.17) is 10.5 Å². The van der Waals surface area contributed by atoms with Crippen LogP contribution in [0.4, 0.5) is 4.79 Å². The van der Waals surface area contributed by atoms with Crippen molar-refractivity contribution in [3.63, 3.8) is 0 Å². The van der Waals surface area contributed by atoms with Gasteiger partial charge in [-0.15, -0.1) is 0 Å². The number of rotatable bonds is 3. The van der Waals surface area contributed by atoms with Crippen molar-refractivity contribution in [1.29, 1.82) is 0 Å². The molecule has 2 aromatic heterocycles. The normalized spacial score (nSPS) is 11.0. The molecule has 0 bridgehead atoms. The number of amides is 1. The minimum atomic E-state index is -0.629. The first-order valence-electron chi connectivity index (χ1n) is 6.88. The van der Waals surface area contributed by atoms with E-state index >= 15 is 0 Å². The van der Waals surface area contributed by atoms with E-state index in [1.165, 1.54) is 4.68 Å². The minimum Gasteiger partial charge on any atom is -0.475 e. The van der Waals surface area contributed by atoms with Crippen molar-refractivity contribution in [3.8, 4) is 17.1 Å². The number of fused-ring (bicyclic) bond motifs is 1. The molecule has 1 aromatic carbocycles. The molecule has 0 aliphatic rings. The Kier molecular flexibility index (Phi) is 3.50. The monoisotopic (exact) mass is 295 g/mol. The number of nitrogens with zero attached hydrogens (tertiary/aromatic N) is 3. The maximum atomic E-state index is 11.5. The molecule has 0 aliphatic heterocycles. The molecule has 0 saturated carbocycles.